The van der Waals surface area contributed by atoms with Crippen LogP contribution in [-0.2, 0) is 6.42 Å². The standard InChI is InChI=1S/C13H15N3O/c1-3-12-13(5-4-9(2)16-12)17-11-6-10(14)7-15-8-11/h4-8H,3,14H2,1-2H3. The average molecular weight is 229 g/mol. The van der Waals surface area contributed by atoms with E-state index in [1.54, 1.807) is 18.5 Å². The first-order valence-corrected chi connectivity index (χ1v) is 5.54. The molecule has 0 spiro atoms. The topological polar surface area (TPSA) is 61.0 Å². The second-order valence-corrected chi connectivity index (χ2v) is 3.81. The lowest BCUT2D eigenvalue weighted by Gasteiger charge is -2.09. The molecule has 0 aliphatic rings. The van der Waals surface area contributed by atoms with Gasteiger partial charge in [0.05, 0.1) is 23.8 Å². The molecule has 0 unspecified atom stereocenters. The van der Waals surface area contributed by atoms with E-state index in [0.29, 0.717) is 11.4 Å². The van der Waals surface area contributed by atoms with Crippen molar-refractivity contribution in [3.05, 3.63) is 42.0 Å². The summed E-state index contributed by atoms with van der Waals surface area (Å²) in [5.74, 6) is 1.39. The molecule has 0 fully saturated rings. The van der Waals surface area contributed by atoms with Crippen molar-refractivity contribution in [3.63, 3.8) is 0 Å². The fourth-order valence-electron chi connectivity index (χ4n) is 1.56. The molecule has 17 heavy (non-hydrogen) atoms. The van der Waals surface area contributed by atoms with Crippen LogP contribution in [0.3, 0.4) is 0 Å². The van der Waals surface area contributed by atoms with Crippen LogP contribution in [0, 0.1) is 6.92 Å². The molecule has 4 heteroatoms. The van der Waals surface area contributed by atoms with Gasteiger partial charge in [-0.1, -0.05) is 6.92 Å². The summed E-state index contributed by atoms with van der Waals surface area (Å²) >= 11 is 0. The van der Waals surface area contributed by atoms with E-state index in [0.717, 1.165) is 23.6 Å². The third kappa shape index (κ3) is 2.72. The Morgan fingerprint density at radius 1 is 1.29 bits per heavy atom. The number of anilines is 1. The zero-order chi connectivity index (χ0) is 12.3. The molecule has 0 radical (unpaired) electrons. The van der Waals surface area contributed by atoms with E-state index in [1.165, 1.54) is 0 Å². The summed E-state index contributed by atoms with van der Waals surface area (Å²) in [6.45, 7) is 4.01. The number of rotatable bonds is 3. The molecule has 4 nitrogen and oxygen atoms in total. The molecule has 0 saturated carbocycles. The minimum Gasteiger partial charge on any atom is -0.454 e. The Kier molecular flexibility index (Phi) is 3.23. The summed E-state index contributed by atoms with van der Waals surface area (Å²) < 4.78 is 5.73. The number of hydrogen-bond donors (Lipinski definition) is 1. The summed E-state index contributed by atoms with van der Waals surface area (Å²) in [4.78, 5) is 8.42. The Morgan fingerprint density at radius 3 is 2.82 bits per heavy atom. The molecule has 2 rings (SSSR count). The van der Waals surface area contributed by atoms with Crippen molar-refractivity contribution in [1.82, 2.24) is 9.97 Å². The number of ether oxygens (including phenoxy) is 1. The highest BCUT2D eigenvalue weighted by Crippen LogP contribution is 2.25. The van der Waals surface area contributed by atoms with Crippen molar-refractivity contribution in [2.24, 2.45) is 0 Å². The lowest BCUT2D eigenvalue weighted by Crippen LogP contribution is -1.96. The van der Waals surface area contributed by atoms with E-state index in [2.05, 4.69) is 9.97 Å². The van der Waals surface area contributed by atoms with Gasteiger partial charge in [0.15, 0.2) is 0 Å². The van der Waals surface area contributed by atoms with Gasteiger partial charge in [-0.2, -0.15) is 0 Å². The van der Waals surface area contributed by atoms with Crippen LogP contribution < -0.4 is 10.5 Å². The molecule has 2 aromatic rings. The molecule has 0 bridgehead atoms. The normalized spacial score (nSPS) is 10.2. The summed E-state index contributed by atoms with van der Waals surface area (Å²) in [6.07, 6.45) is 4.05. The molecular weight excluding hydrogens is 214 g/mol. The smallest absolute Gasteiger partial charge is 0.148 e. The SMILES string of the molecule is CCc1nc(C)ccc1Oc1cncc(N)c1. The highest BCUT2D eigenvalue weighted by Gasteiger charge is 2.05. The zero-order valence-electron chi connectivity index (χ0n) is 9.97. The van der Waals surface area contributed by atoms with Crippen LogP contribution in [0.25, 0.3) is 0 Å². The maximum absolute atomic E-state index is 5.73. The van der Waals surface area contributed by atoms with Gasteiger partial charge in [0, 0.05) is 11.8 Å². The van der Waals surface area contributed by atoms with E-state index in [1.807, 2.05) is 26.0 Å². The van der Waals surface area contributed by atoms with Gasteiger partial charge in [0.25, 0.3) is 0 Å². The van der Waals surface area contributed by atoms with Crippen LogP contribution in [-0.4, -0.2) is 9.97 Å². The monoisotopic (exact) mass is 229 g/mol. The van der Waals surface area contributed by atoms with Crippen molar-refractivity contribution in [1.29, 1.82) is 0 Å². The second-order valence-electron chi connectivity index (χ2n) is 3.81. The average Bonchev–Trinajstić information content (AvgIpc) is 2.31. The first kappa shape index (κ1) is 11.4. The van der Waals surface area contributed by atoms with Gasteiger partial charge < -0.3 is 10.5 Å². The number of nitrogen functional groups attached to an aromatic ring is 1. The first-order valence-electron chi connectivity index (χ1n) is 5.54. The zero-order valence-corrected chi connectivity index (χ0v) is 9.97. The highest BCUT2D eigenvalue weighted by atomic mass is 16.5. The van der Waals surface area contributed by atoms with Crippen LogP contribution in [0.4, 0.5) is 5.69 Å². The van der Waals surface area contributed by atoms with E-state index in [-0.39, 0.29) is 0 Å². The van der Waals surface area contributed by atoms with Crippen LogP contribution in [0.2, 0.25) is 0 Å². The molecule has 2 heterocycles. The third-order valence-corrected chi connectivity index (χ3v) is 2.37. The van der Waals surface area contributed by atoms with Crippen LogP contribution in [0.15, 0.2) is 30.6 Å². The largest absolute Gasteiger partial charge is 0.454 e. The second kappa shape index (κ2) is 4.82. The first-order chi connectivity index (χ1) is 8.19. The van der Waals surface area contributed by atoms with Crippen LogP contribution in [0.1, 0.15) is 18.3 Å². The third-order valence-electron chi connectivity index (χ3n) is 2.37. The molecule has 2 aromatic heterocycles. The number of hydrogen-bond acceptors (Lipinski definition) is 4. The Hall–Kier alpha value is -2.10. The molecule has 0 atom stereocenters. The minimum absolute atomic E-state index is 0.584. The number of pyridine rings is 2. The molecule has 0 aromatic carbocycles. The molecule has 88 valence electrons. The van der Waals surface area contributed by atoms with Gasteiger partial charge in [-0.05, 0) is 25.5 Å². The summed E-state index contributed by atoms with van der Waals surface area (Å²) in [5, 5.41) is 0. The van der Waals surface area contributed by atoms with Crippen molar-refractivity contribution < 1.29 is 4.74 Å². The van der Waals surface area contributed by atoms with Gasteiger partial charge in [-0.25, -0.2) is 0 Å². The highest BCUT2D eigenvalue weighted by molar-refractivity contribution is 5.42. The molecule has 0 aliphatic carbocycles. The molecule has 0 saturated heterocycles. The summed E-state index contributed by atoms with van der Waals surface area (Å²) in [7, 11) is 0. The lowest BCUT2D eigenvalue weighted by atomic mass is 10.2. The van der Waals surface area contributed by atoms with Gasteiger partial charge >= 0.3 is 0 Å². The quantitative estimate of drug-likeness (QED) is 0.879. The van der Waals surface area contributed by atoms with E-state index in [9.17, 15) is 0 Å². The van der Waals surface area contributed by atoms with Crippen molar-refractivity contribution >= 4 is 5.69 Å². The Balaban J connectivity index is 2.29. The van der Waals surface area contributed by atoms with E-state index in [4.69, 9.17) is 10.5 Å². The fourth-order valence-corrected chi connectivity index (χ4v) is 1.56. The minimum atomic E-state index is 0.584. The van der Waals surface area contributed by atoms with E-state index < -0.39 is 0 Å². The summed E-state index contributed by atoms with van der Waals surface area (Å²) in [6, 6.07) is 5.59. The molecular formula is C13H15N3O. The molecule has 2 N–H and O–H groups in total. The van der Waals surface area contributed by atoms with Gasteiger partial charge in [0.2, 0.25) is 0 Å². The lowest BCUT2D eigenvalue weighted by molar-refractivity contribution is 0.471. The van der Waals surface area contributed by atoms with Gasteiger partial charge in [-0.15, -0.1) is 0 Å². The fraction of sp³-hybridized carbons (Fsp3) is 0.231. The number of nitrogens with zero attached hydrogens (tertiary/aromatic N) is 2. The van der Waals surface area contributed by atoms with E-state index >= 15 is 0 Å². The molecule has 0 aliphatic heterocycles. The Morgan fingerprint density at radius 2 is 2.12 bits per heavy atom. The molecule has 0 amide bonds. The summed E-state index contributed by atoms with van der Waals surface area (Å²) in [5.41, 5.74) is 8.16. The van der Waals surface area contributed by atoms with Crippen LogP contribution in [0.5, 0.6) is 11.5 Å². The number of aromatic nitrogens is 2. The Labute approximate surface area is 100 Å². The number of aryl methyl sites for hydroxylation is 2. The maximum atomic E-state index is 5.73. The predicted molar refractivity (Wildman–Crippen MR) is 67.1 cm³/mol. The number of nitrogens with two attached hydrogens (primary N) is 1. The predicted octanol–water partition coefficient (Wildman–Crippen LogP) is 2.72. The van der Waals surface area contributed by atoms with Crippen molar-refractivity contribution in [2.45, 2.75) is 20.3 Å². The maximum Gasteiger partial charge on any atom is 0.148 e. The Bertz CT molecular complexity index is 526. The van der Waals surface area contributed by atoms with Crippen LogP contribution >= 0.6 is 0 Å². The van der Waals surface area contributed by atoms with Gasteiger partial charge in [0.1, 0.15) is 11.5 Å². The van der Waals surface area contributed by atoms with Crippen molar-refractivity contribution in [2.75, 3.05) is 5.73 Å². The van der Waals surface area contributed by atoms with Gasteiger partial charge in [-0.3, -0.25) is 9.97 Å². The van der Waals surface area contributed by atoms with Crippen molar-refractivity contribution in [3.8, 4) is 11.5 Å².